The zero-order valence-corrected chi connectivity index (χ0v) is 14.5. The number of carbonyl (C=O) groups is 1. The summed E-state index contributed by atoms with van der Waals surface area (Å²) in [7, 11) is 0. The van der Waals surface area contributed by atoms with E-state index in [0.29, 0.717) is 6.42 Å². The summed E-state index contributed by atoms with van der Waals surface area (Å²) in [4.78, 5) is 16.4. The number of amides is 1. The Morgan fingerprint density at radius 1 is 1.00 bits per heavy atom. The molecule has 0 aliphatic heterocycles. The van der Waals surface area contributed by atoms with Crippen LogP contribution in [0.1, 0.15) is 32.6 Å². The minimum Gasteiger partial charge on any atom is -0.355 e. The lowest BCUT2D eigenvalue weighted by atomic mass is 10.1. The first kappa shape index (κ1) is 17.0. The van der Waals surface area contributed by atoms with E-state index in [1.54, 1.807) is 6.20 Å². The predicted molar refractivity (Wildman–Crippen MR) is 104 cm³/mol. The van der Waals surface area contributed by atoms with Gasteiger partial charge in [0.25, 0.3) is 0 Å². The number of rotatable bonds is 7. The van der Waals surface area contributed by atoms with Gasteiger partial charge in [0, 0.05) is 35.1 Å². The molecule has 25 heavy (non-hydrogen) atoms. The van der Waals surface area contributed by atoms with E-state index < -0.39 is 0 Å². The Balaban J connectivity index is 1.72. The van der Waals surface area contributed by atoms with Crippen molar-refractivity contribution in [1.29, 1.82) is 0 Å². The molecule has 2 N–H and O–H groups in total. The third kappa shape index (κ3) is 4.57. The summed E-state index contributed by atoms with van der Waals surface area (Å²) < 4.78 is 0. The van der Waals surface area contributed by atoms with E-state index in [2.05, 4.69) is 22.5 Å². The lowest BCUT2D eigenvalue weighted by Crippen LogP contribution is -2.11. The number of benzene rings is 2. The lowest BCUT2D eigenvalue weighted by molar-refractivity contribution is -0.116. The number of aromatic nitrogens is 1. The second kappa shape index (κ2) is 8.29. The van der Waals surface area contributed by atoms with Crippen LogP contribution in [0.5, 0.6) is 0 Å². The maximum atomic E-state index is 12.0. The van der Waals surface area contributed by atoms with Gasteiger partial charge in [-0.25, -0.2) is 0 Å². The summed E-state index contributed by atoms with van der Waals surface area (Å²) in [6.07, 6.45) is 5.50. The zero-order chi connectivity index (χ0) is 17.5. The fourth-order valence-electron chi connectivity index (χ4n) is 2.79. The average Bonchev–Trinajstić information content (AvgIpc) is 2.63. The monoisotopic (exact) mass is 333 g/mol. The van der Waals surface area contributed by atoms with Crippen LogP contribution in [0.2, 0.25) is 0 Å². The van der Waals surface area contributed by atoms with Gasteiger partial charge in [0.1, 0.15) is 0 Å². The van der Waals surface area contributed by atoms with Crippen LogP contribution in [-0.2, 0) is 4.79 Å². The zero-order valence-electron chi connectivity index (χ0n) is 14.5. The molecule has 2 aromatic carbocycles. The Kier molecular flexibility index (Phi) is 5.62. The molecule has 0 atom stereocenters. The van der Waals surface area contributed by atoms with Gasteiger partial charge >= 0.3 is 0 Å². The van der Waals surface area contributed by atoms with E-state index in [0.717, 1.165) is 47.2 Å². The summed E-state index contributed by atoms with van der Waals surface area (Å²) in [5.41, 5.74) is 3.69. The Hall–Kier alpha value is -2.88. The normalized spacial score (nSPS) is 10.6. The van der Waals surface area contributed by atoms with Crippen molar-refractivity contribution in [3.05, 3.63) is 60.8 Å². The summed E-state index contributed by atoms with van der Waals surface area (Å²) in [6.45, 7) is 2.13. The molecule has 0 saturated heterocycles. The Morgan fingerprint density at radius 2 is 1.84 bits per heavy atom. The largest absolute Gasteiger partial charge is 0.355 e. The fourth-order valence-corrected chi connectivity index (χ4v) is 2.79. The van der Waals surface area contributed by atoms with Crippen LogP contribution in [0, 0.1) is 0 Å². The molecule has 1 aromatic heterocycles. The number of nitrogens with one attached hydrogen (secondary N) is 2. The van der Waals surface area contributed by atoms with Gasteiger partial charge in [-0.3, -0.25) is 9.78 Å². The van der Waals surface area contributed by atoms with Crippen LogP contribution in [0.4, 0.5) is 17.1 Å². The second-order valence-corrected chi connectivity index (χ2v) is 6.09. The number of carbonyl (C=O) groups excluding carboxylic acids is 1. The van der Waals surface area contributed by atoms with E-state index in [9.17, 15) is 4.79 Å². The molecule has 0 aliphatic carbocycles. The van der Waals surface area contributed by atoms with E-state index in [-0.39, 0.29) is 5.91 Å². The molecule has 0 aliphatic rings. The van der Waals surface area contributed by atoms with Gasteiger partial charge in [0.2, 0.25) is 5.91 Å². The maximum absolute atomic E-state index is 12.0. The quantitative estimate of drug-likeness (QED) is 0.562. The van der Waals surface area contributed by atoms with Crippen LogP contribution >= 0.6 is 0 Å². The molecule has 3 rings (SSSR count). The predicted octanol–water partition coefficient (Wildman–Crippen LogP) is 5.50. The highest BCUT2D eigenvalue weighted by Crippen LogP contribution is 2.26. The van der Waals surface area contributed by atoms with E-state index >= 15 is 0 Å². The van der Waals surface area contributed by atoms with Crippen molar-refractivity contribution in [2.24, 2.45) is 0 Å². The van der Waals surface area contributed by atoms with Crippen molar-refractivity contribution in [3.63, 3.8) is 0 Å². The maximum Gasteiger partial charge on any atom is 0.224 e. The van der Waals surface area contributed by atoms with Crippen molar-refractivity contribution in [3.8, 4) is 0 Å². The number of hydrogen-bond acceptors (Lipinski definition) is 3. The van der Waals surface area contributed by atoms with Crippen LogP contribution in [0.25, 0.3) is 10.9 Å². The molecule has 4 nitrogen and oxygen atoms in total. The van der Waals surface area contributed by atoms with Gasteiger partial charge in [-0.1, -0.05) is 44.0 Å². The molecule has 0 radical (unpaired) electrons. The van der Waals surface area contributed by atoms with Gasteiger partial charge in [0.05, 0.1) is 5.52 Å². The fraction of sp³-hybridized carbons (Fsp3) is 0.238. The van der Waals surface area contributed by atoms with Crippen molar-refractivity contribution >= 4 is 33.9 Å². The van der Waals surface area contributed by atoms with E-state index in [4.69, 9.17) is 0 Å². The van der Waals surface area contributed by atoms with E-state index in [1.807, 2.05) is 54.6 Å². The van der Waals surface area contributed by atoms with Crippen molar-refractivity contribution in [2.45, 2.75) is 32.6 Å². The first-order valence-corrected chi connectivity index (χ1v) is 8.77. The summed E-state index contributed by atoms with van der Waals surface area (Å²) >= 11 is 0. The van der Waals surface area contributed by atoms with Crippen molar-refractivity contribution < 1.29 is 4.79 Å². The molecular formula is C21H23N3O. The molecule has 128 valence electrons. The lowest BCUT2D eigenvalue weighted by Gasteiger charge is -2.11. The highest BCUT2D eigenvalue weighted by molar-refractivity contribution is 5.94. The number of anilines is 3. The molecule has 0 unspecified atom stereocenters. The number of pyridine rings is 1. The van der Waals surface area contributed by atoms with Gasteiger partial charge in [-0.2, -0.15) is 0 Å². The minimum atomic E-state index is 0.0694. The van der Waals surface area contributed by atoms with Crippen LogP contribution in [0.15, 0.2) is 60.8 Å². The average molecular weight is 333 g/mol. The first-order valence-electron chi connectivity index (χ1n) is 8.77. The third-order valence-electron chi connectivity index (χ3n) is 4.08. The molecular weight excluding hydrogens is 310 g/mol. The Morgan fingerprint density at radius 3 is 2.72 bits per heavy atom. The van der Waals surface area contributed by atoms with Crippen molar-refractivity contribution in [2.75, 3.05) is 10.6 Å². The Labute approximate surface area is 148 Å². The minimum absolute atomic E-state index is 0.0694. The molecule has 0 saturated carbocycles. The first-order chi connectivity index (χ1) is 12.3. The van der Waals surface area contributed by atoms with Gasteiger partial charge in [-0.15, -0.1) is 0 Å². The topological polar surface area (TPSA) is 54.0 Å². The highest BCUT2D eigenvalue weighted by Gasteiger charge is 2.05. The van der Waals surface area contributed by atoms with Crippen LogP contribution in [-0.4, -0.2) is 10.9 Å². The summed E-state index contributed by atoms with van der Waals surface area (Å²) in [5, 5.41) is 7.46. The smallest absolute Gasteiger partial charge is 0.224 e. The summed E-state index contributed by atoms with van der Waals surface area (Å²) in [6, 6.07) is 17.8. The molecule has 0 fully saturated rings. The molecule has 4 heteroatoms. The molecule has 0 bridgehead atoms. The SMILES string of the molecule is CCCCCC(=O)Nc1cccc(Nc2ccnc3ccccc23)c1. The van der Waals surface area contributed by atoms with Gasteiger partial charge in [-0.05, 0) is 36.8 Å². The standard InChI is InChI=1S/C21H23N3O/c1-2-3-4-12-21(25)24-17-9-7-8-16(15-17)23-20-13-14-22-19-11-6-5-10-18(19)20/h5-11,13-15H,2-4,12H2,1H3,(H,22,23)(H,24,25). The van der Waals surface area contributed by atoms with E-state index in [1.165, 1.54) is 0 Å². The number of fused-ring (bicyclic) bond motifs is 1. The summed E-state index contributed by atoms with van der Waals surface area (Å²) in [5.74, 6) is 0.0694. The molecule has 1 amide bonds. The van der Waals surface area contributed by atoms with Gasteiger partial charge < -0.3 is 10.6 Å². The molecule has 3 aromatic rings. The number of para-hydroxylation sites is 1. The number of hydrogen-bond donors (Lipinski definition) is 2. The van der Waals surface area contributed by atoms with Crippen LogP contribution in [0.3, 0.4) is 0 Å². The third-order valence-corrected chi connectivity index (χ3v) is 4.08. The van der Waals surface area contributed by atoms with Crippen molar-refractivity contribution in [1.82, 2.24) is 4.98 Å². The molecule has 0 spiro atoms. The molecule has 1 heterocycles. The second-order valence-electron chi connectivity index (χ2n) is 6.09. The Bertz CT molecular complexity index is 855. The van der Waals surface area contributed by atoms with Crippen LogP contribution < -0.4 is 10.6 Å². The number of unbranched alkanes of at least 4 members (excludes halogenated alkanes) is 2. The highest BCUT2D eigenvalue weighted by atomic mass is 16.1. The number of nitrogens with zero attached hydrogens (tertiary/aromatic N) is 1. The van der Waals surface area contributed by atoms with Gasteiger partial charge in [0.15, 0.2) is 0 Å².